The highest BCUT2D eigenvalue weighted by atomic mass is 35.5. The van der Waals surface area contributed by atoms with Crippen LogP contribution in [0.1, 0.15) is 6.92 Å². The number of amides is 1. The fourth-order valence-electron chi connectivity index (χ4n) is 2.69. The quantitative estimate of drug-likeness (QED) is 0.620. The highest BCUT2D eigenvalue weighted by Crippen LogP contribution is 2.32. The topological polar surface area (TPSA) is 72.3 Å². The maximum atomic E-state index is 11.6. The van der Waals surface area contributed by atoms with Crippen molar-refractivity contribution in [2.75, 3.05) is 23.9 Å². The molecule has 0 spiro atoms. The largest absolute Gasteiger partial charge is 0.450 e. The van der Waals surface area contributed by atoms with Gasteiger partial charge < -0.3 is 9.64 Å². The van der Waals surface area contributed by atoms with Crippen molar-refractivity contribution in [1.29, 1.82) is 0 Å². The molecule has 0 fully saturated rings. The Kier molecular flexibility index (Phi) is 6.06. The van der Waals surface area contributed by atoms with Crippen LogP contribution in [0.3, 0.4) is 0 Å². The average molecular weight is 420 g/mol. The number of benzene rings is 2. The summed E-state index contributed by atoms with van der Waals surface area (Å²) in [7, 11) is 3.75. The molecule has 7 nitrogen and oxygen atoms in total. The van der Waals surface area contributed by atoms with Crippen molar-refractivity contribution in [3.05, 3.63) is 52.5 Å². The Labute approximate surface area is 172 Å². The molecule has 1 heterocycles. The summed E-state index contributed by atoms with van der Waals surface area (Å²) < 4.78 is 6.71. The fourth-order valence-corrected chi connectivity index (χ4v) is 3.08. The summed E-state index contributed by atoms with van der Waals surface area (Å²) in [5, 5.41) is 12.3. The van der Waals surface area contributed by atoms with Gasteiger partial charge in [0.25, 0.3) is 0 Å². The number of halogens is 2. The third-order valence-electron chi connectivity index (χ3n) is 4.10. The monoisotopic (exact) mass is 419 g/mol. The van der Waals surface area contributed by atoms with Crippen LogP contribution in [0.15, 0.2) is 42.5 Å². The van der Waals surface area contributed by atoms with E-state index in [2.05, 4.69) is 15.5 Å². The molecule has 146 valence electrons. The molecule has 0 unspecified atom stereocenters. The van der Waals surface area contributed by atoms with E-state index < -0.39 is 6.09 Å². The van der Waals surface area contributed by atoms with Gasteiger partial charge in [0.1, 0.15) is 0 Å². The van der Waals surface area contributed by atoms with E-state index in [9.17, 15) is 4.79 Å². The van der Waals surface area contributed by atoms with Crippen LogP contribution in [0, 0.1) is 0 Å². The second-order valence-corrected chi connectivity index (χ2v) is 6.80. The van der Waals surface area contributed by atoms with Crippen molar-refractivity contribution < 1.29 is 9.53 Å². The molecule has 9 heteroatoms. The number of carbonyl (C=O) groups excluding carboxylic acids is 1. The molecule has 28 heavy (non-hydrogen) atoms. The zero-order valence-corrected chi connectivity index (χ0v) is 17.1. The Hall–Kier alpha value is -2.77. The number of ether oxygens (including phenoxy) is 1. The summed E-state index contributed by atoms with van der Waals surface area (Å²) >= 11 is 12.4. The first-order valence-electron chi connectivity index (χ1n) is 8.53. The predicted molar refractivity (Wildman–Crippen MR) is 112 cm³/mol. The maximum Gasteiger partial charge on any atom is 0.411 e. The molecule has 0 bridgehead atoms. The number of rotatable bonds is 5. The second-order valence-electron chi connectivity index (χ2n) is 5.96. The van der Waals surface area contributed by atoms with Crippen LogP contribution in [0.5, 0.6) is 0 Å². The zero-order chi connectivity index (χ0) is 20.3. The van der Waals surface area contributed by atoms with E-state index in [0.717, 1.165) is 5.69 Å². The van der Waals surface area contributed by atoms with Gasteiger partial charge in [0.05, 0.1) is 11.6 Å². The average Bonchev–Trinajstić information content (AvgIpc) is 3.03. The molecule has 1 aromatic heterocycles. The SMILES string of the molecule is CCOC(=O)Nc1ccc(-c2nnc(N(C)c3ccc(Cl)cc3)n2C)c(Cl)c1. The van der Waals surface area contributed by atoms with Gasteiger partial charge in [-0.15, -0.1) is 10.2 Å². The molecule has 1 N–H and O–H groups in total. The van der Waals surface area contributed by atoms with Gasteiger partial charge in [-0.2, -0.15) is 0 Å². The molecule has 3 rings (SSSR count). The Morgan fingerprint density at radius 2 is 1.89 bits per heavy atom. The minimum atomic E-state index is -0.531. The molecule has 0 aliphatic heterocycles. The van der Waals surface area contributed by atoms with E-state index >= 15 is 0 Å². The van der Waals surface area contributed by atoms with Crippen molar-refractivity contribution in [2.45, 2.75) is 6.92 Å². The maximum absolute atomic E-state index is 11.6. The number of hydrogen-bond acceptors (Lipinski definition) is 5. The molecule has 0 saturated heterocycles. The Bertz CT molecular complexity index is 988. The molecule has 0 radical (unpaired) electrons. The summed E-state index contributed by atoms with van der Waals surface area (Å²) in [5.74, 6) is 1.24. The van der Waals surface area contributed by atoms with Crippen molar-refractivity contribution >= 4 is 46.6 Å². The van der Waals surface area contributed by atoms with Crippen LogP contribution >= 0.6 is 23.2 Å². The van der Waals surface area contributed by atoms with E-state index in [1.54, 1.807) is 25.1 Å². The van der Waals surface area contributed by atoms with Gasteiger partial charge in [0, 0.05) is 36.1 Å². The lowest BCUT2D eigenvalue weighted by atomic mass is 10.2. The second kappa shape index (κ2) is 8.50. The normalized spacial score (nSPS) is 10.6. The summed E-state index contributed by atoms with van der Waals surface area (Å²) in [6.07, 6.45) is -0.531. The lowest BCUT2D eigenvalue weighted by molar-refractivity contribution is 0.168. The van der Waals surface area contributed by atoms with Crippen molar-refractivity contribution in [3.63, 3.8) is 0 Å². The number of nitrogens with zero attached hydrogens (tertiary/aromatic N) is 4. The molecule has 0 saturated carbocycles. The van der Waals surface area contributed by atoms with Crippen LogP contribution in [-0.4, -0.2) is 34.5 Å². The Morgan fingerprint density at radius 1 is 1.18 bits per heavy atom. The molecule has 0 atom stereocenters. The van der Waals surface area contributed by atoms with E-state index in [-0.39, 0.29) is 0 Å². The molecule has 0 aliphatic carbocycles. The number of aromatic nitrogens is 3. The van der Waals surface area contributed by atoms with Crippen LogP contribution in [0.25, 0.3) is 11.4 Å². The van der Waals surface area contributed by atoms with Gasteiger partial charge in [-0.3, -0.25) is 9.88 Å². The fraction of sp³-hybridized carbons (Fsp3) is 0.211. The molecule has 0 aliphatic rings. The van der Waals surface area contributed by atoms with Crippen molar-refractivity contribution in [3.8, 4) is 11.4 Å². The van der Waals surface area contributed by atoms with Gasteiger partial charge in [-0.25, -0.2) is 4.79 Å². The lowest BCUT2D eigenvalue weighted by Crippen LogP contribution is -2.14. The lowest BCUT2D eigenvalue weighted by Gasteiger charge is -2.18. The summed E-state index contributed by atoms with van der Waals surface area (Å²) in [6.45, 7) is 2.03. The van der Waals surface area contributed by atoms with Gasteiger partial charge >= 0.3 is 6.09 Å². The number of carbonyl (C=O) groups is 1. The molecule has 2 aromatic carbocycles. The minimum Gasteiger partial charge on any atom is -0.450 e. The molecular weight excluding hydrogens is 401 g/mol. The standard InChI is InChI=1S/C19H19Cl2N5O2/c1-4-28-19(27)22-13-7-10-15(16(21)11-13)17-23-24-18(26(17)3)25(2)14-8-5-12(20)6-9-14/h5-11H,4H2,1-3H3,(H,22,27). The van der Waals surface area contributed by atoms with E-state index in [1.165, 1.54) is 0 Å². The van der Waals surface area contributed by atoms with E-state index in [1.807, 2.05) is 47.8 Å². The van der Waals surface area contributed by atoms with Crippen molar-refractivity contribution in [1.82, 2.24) is 14.8 Å². The number of hydrogen-bond donors (Lipinski definition) is 1. The molecular formula is C19H19Cl2N5O2. The van der Waals surface area contributed by atoms with Crippen LogP contribution in [-0.2, 0) is 11.8 Å². The first kappa shape index (κ1) is 20.0. The Morgan fingerprint density at radius 3 is 2.54 bits per heavy atom. The summed E-state index contributed by atoms with van der Waals surface area (Å²) in [6, 6.07) is 12.6. The van der Waals surface area contributed by atoms with E-state index in [4.69, 9.17) is 27.9 Å². The molecule has 1 amide bonds. The first-order valence-corrected chi connectivity index (χ1v) is 9.28. The van der Waals surface area contributed by atoms with Crippen LogP contribution < -0.4 is 10.2 Å². The van der Waals surface area contributed by atoms with Crippen LogP contribution in [0.4, 0.5) is 22.1 Å². The summed E-state index contributed by atoms with van der Waals surface area (Å²) in [5.41, 5.74) is 2.15. The number of anilines is 3. The third-order valence-corrected chi connectivity index (χ3v) is 4.66. The highest BCUT2D eigenvalue weighted by molar-refractivity contribution is 6.33. The summed E-state index contributed by atoms with van der Waals surface area (Å²) in [4.78, 5) is 13.5. The van der Waals surface area contributed by atoms with Gasteiger partial charge in [-0.1, -0.05) is 23.2 Å². The Balaban J connectivity index is 1.87. The predicted octanol–water partition coefficient (Wildman–Crippen LogP) is 5.13. The van der Waals surface area contributed by atoms with Gasteiger partial charge in [0.15, 0.2) is 5.82 Å². The molecule has 3 aromatic rings. The van der Waals surface area contributed by atoms with Crippen LogP contribution in [0.2, 0.25) is 10.0 Å². The third kappa shape index (κ3) is 4.21. The van der Waals surface area contributed by atoms with Crippen molar-refractivity contribution in [2.24, 2.45) is 7.05 Å². The smallest absolute Gasteiger partial charge is 0.411 e. The minimum absolute atomic E-state index is 0.292. The van der Waals surface area contributed by atoms with Gasteiger partial charge in [-0.05, 0) is 49.4 Å². The number of nitrogens with one attached hydrogen (secondary N) is 1. The van der Waals surface area contributed by atoms with E-state index in [0.29, 0.717) is 39.7 Å². The van der Waals surface area contributed by atoms with Gasteiger partial charge in [0.2, 0.25) is 5.95 Å². The first-order chi connectivity index (χ1) is 13.4. The highest BCUT2D eigenvalue weighted by Gasteiger charge is 2.18. The zero-order valence-electron chi connectivity index (χ0n) is 15.6.